The number of rotatable bonds is 5. The maximum atomic E-state index is 11.7. The molecule has 6 heteroatoms. The van der Waals surface area contributed by atoms with Gasteiger partial charge in [0.15, 0.2) is 0 Å². The molecule has 0 spiro atoms. The fourth-order valence-electron chi connectivity index (χ4n) is 1.63. The Hall–Kier alpha value is -2.63. The molecule has 2 N–H and O–H groups in total. The highest BCUT2D eigenvalue weighted by Gasteiger charge is 2.01. The Balaban J connectivity index is 1.74. The molecule has 0 aliphatic carbocycles. The highest BCUT2D eigenvalue weighted by molar-refractivity contribution is 5.89. The van der Waals surface area contributed by atoms with Crippen LogP contribution in [-0.2, 0) is 6.42 Å². The third-order valence-corrected chi connectivity index (χ3v) is 2.66. The number of hydrogen-bond acceptors (Lipinski definition) is 4. The lowest BCUT2D eigenvalue weighted by Gasteiger charge is -2.08. The minimum absolute atomic E-state index is 0.244. The van der Waals surface area contributed by atoms with Crippen LogP contribution in [0.1, 0.15) is 5.56 Å². The molecule has 0 radical (unpaired) electrons. The summed E-state index contributed by atoms with van der Waals surface area (Å²) < 4.78 is 5.05. The summed E-state index contributed by atoms with van der Waals surface area (Å²) in [6, 6.07) is 6.90. The molecule has 0 aliphatic heterocycles. The second-order valence-electron chi connectivity index (χ2n) is 4.11. The standard InChI is InChI=1S/C14H16N4O2/c1-20-13-4-2-12(3-5-13)18-14(19)17-7-6-11-8-15-10-16-9-11/h2-5,8-10H,6-7H2,1H3,(H2,17,18,19). The first-order chi connectivity index (χ1) is 9.78. The molecule has 1 heterocycles. The van der Waals surface area contributed by atoms with E-state index in [-0.39, 0.29) is 6.03 Å². The van der Waals surface area contributed by atoms with E-state index in [4.69, 9.17) is 4.74 Å². The summed E-state index contributed by atoms with van der Waals surface area (Å²) in [5.74, 6) is 0.750. The lowest BCUT2D eigenvalue weighted by atomic mass is 10.2. The van der Waals surface area contributed by atoms with Crippen molar-refractivity contribution in [3.05, 3.63) is 48.5 Å². The summed E-state index contributed by atoms with van der Waals surface area (Å²) in [6.45, 7) is 0.523. The average Bonchev–Trinajstić information content (AvgIpc) is 2.49. The Bertz CT molecular complexity index is 543. The zero-order chi connectivity index (χ0) is 14.2. The largest absolute Gasteiger partial charge is 0.497 e. The predicted molar refractivity (Wildman–Crippen MR) is 75.8 cm³/mol. The zero-order valence-electron chi connectivity index (χ0n) is 11.2. The van der Waals surface area contributed by atoms with Crippen molar-refractivity contribution >= 4 is 11.7 Å². The number of ether oxygens (including phenoxy) is 1. The second-order valence-corrected chi connectivity index (χ2v) is 4.11. The van der Waals surface area contributed by atoms with Crippen molar-refractivity contribution in [2.45, 2.75) is 6.42 Å². The molecule has 0 saturated carbocycles. The number of amides is 2. The van der Waals surface area contributed by atoms with E-state index in [1.165, 1.54) is 6.33 Å². The first kappa shape index (κ1) is 13.8. The minimum Gasteiger partial charge on any atom is -0.497 e. The smallest absolute Gasteiger partial charge is 0.319 e. The van der Waals surface area contributed by atoms with Crippen LogP contribution in [0.5, 0.6) is 5.75 Å². The van der Waals surface area contributed by atoms with Crippen molar-refractivity contribution in [2.75, 3.05) is 19.0 Å². The number of aromatic nitrogens is 2. The highest BCUT2D eigenvalue weighted by atomic mass is 16.5. The van der Waals surface area contributed by atoms with Gasteiger partial charge in [-0.2, -0.15) is 0 Å². The molecule has 0 fully saturated rings. The quantitative estimate of drug-likeness (QED) is 0.871. The number of methoxy groups -OCH3 is 1. The molecular formula is C14H16N4O2. The van der Waals surface area contributed by atoms with Gasteiger partial charge in [0.05, 0.1) is 7.11 Å². The zero-order valence-corrected chi connectivity index (χ0v) is 11.2. The molecule has 1 aromatic carbocycles. The molecular weight excluding hydrogens is 256 g/mol. The van der Waals surface area contributed by atoms with Gasteiger partial charge in [-0.25, -0.2) is 14.8 Å². The summed E-state index contributed by atoms with van der Waals surface area (Å²) >= 11 is 0. The maximum Gasteiger partial charge on any atom is 0.319 e. The van der Waals surface area contributed by atoms with Crippen LogP contribution in [0.2, 0.25) is 0 Å². The van der Waals surface area contributed by atoms with E-state index in [0.29, 0.717) is 18.7 Å². The van der Waals surface area contributed by atoms with Crippen LogP contribution < -0.4 is 15.4 Å². The molecule has 0 unspecified atom stereocenters. The molecule has 2 rings (SSSR count). The Labute approximate surface area is 117 Å². The lowest BCUT2D eigenvalue weighted by molar-refractivity contribution is 0.252. The first-order valence-electron chi connectivity index (χ1n) is 6.21. The van der Waals surface area contributed by atoms with Crippen molar-refractivity contribution in [1.82, 2.24) is 15.3 Å². The monoisotopic (exact) mass is 272 g/mol. The predicted octanol–water partition coefficient (Wildman–Crippen LogP) is 1.85. The number of nitrogens with one attached hydrogen (secondary N) is 2. The number of carbonyl (C=O) groups is 1. The van der Waals surface area contributed by atoms with E-state index in [9.17, 15) is 4.79 Å². The minimum atomic E-state index is -0.244. The molecule has 0 aliphatic rings. The first-order valence-corrected chi connectivity index (χ1v) is 6.21. The molecule has 0 atom stereocenters. The van der Waals surface area contributed by atoms with Crippen LogP contribution in [0.3, 0.4) is 0 Å². The van der Waals surface area contributed by atoms with Crippen LogP contribution in [0.15, 0.2) is 43.0 Å². The Morgan fingerprint density at radius 3 is 2.55 bits per heavy atom. The van der Waals surface area contributed by atoms with Gasteiger partial charge in [0.1, 0.15) is 12.1 Å². The summed E-state index contributed by atoms with van der Waals surface area (Å²) in [5, 5.41) is 5.51. The molecule has 6 nitrogen and oxygen atoms in total. The molecule has 20 heavy (non-hydrogen) atoms. The van der Waals surface area contributed by atoms with Gasteiger partial charge >= 0.3 is 6.03 Å². The van der Waals surface area contributed by atoms with Gasteiger partial charge in [-0.1, -0.05) is 0 Å². The summed E-state index contributed by atoms with van der Waals surface area (Å²) in [4.78, 5) is 19.5. The number of benzene rings is 1. The van der Waals surface area contributed by atoms with Gasteiger partial charge < -0.3 is 15.4 Å². The summed E-state index contributed by atoms with van der Waals surface area (Å²) in [6.07, 6.45) is 5.64. The Morgan fingerprint density at radius 2 is 1.90 bits per heavy atom. The van der Waals surface area contributed by atoms with Crippen molar-refractivity contribution < 1.29 is 9.53 Å². The van der Waals surface area contributed by atoms with Gasteiger partial charge in [-0.15, -0.1) is 0 Å². The van der Waals surface area contributed by atoms with Crippen LogP contribution in [0, 0.1) is 0 Å². The molecule has 2 aromatic rings. The van der Waals surface area contributed by atoms with Crippen molar-refractivity contribution in [3.8, 4) is 5.75 Å². The normalized spacial score (nSPS) is 9.85. The van der Waals surface area contributed by atoms with Gasteiger partial charge in [0.2, 0.25) is 0 Å². The maximum absolute atomic E-state index is 11.7. The lowest BCUT2D eigenvalue weighted by Crippen LogP contribution is -2.30. The summed E-state index contributed by atoms with van der Waals surface area (Å²) in [7, 11) is 1.60. The van der Waals surface area contributed by atoms with Gasteiger partial charge in [0.25, 0.3) is 0 Å². The van der Waals surface area contributed by atoms with Crippen LogP contribution in [0.4, 0.5) is 10.5 Å². The van der Waals surface area contributed by atoms with Gasteiger partial charge in [0, 0.05) is 24.6 Å². The molecule has 2 amide bonds. The van der Waals surface area contributed by atoms with E-state index in [1.54, 1.807) is 43.8 Å². The summed E-state index contributed by atoms with van der Waals surface area (Å²) in [5.41, 5.74) is 1.70. The third-order valence-electron chi connectivity index (χ3n) is 2.66. The van der Waals surface area contributed by atoms with E-state index >= 15 is 0 Å². The number of carbonyl (C=O) groups excluding carboxylic acids is 1. The molecule has 0 bridgehead atoms. The van der Waals surface area contributed by atoms with Crippen molar-refractivity contribution in [1.29, 1.82) is 0 Å². The van der Waals surface area contributed by atoms with E-state index < -0.39 is 0 Å². The Morgan fingerprint density at radius 1 is 1.20 bits per heavy atom. The van der Waals surface area contributed by atoms with Crippen LogP contribution >= 0.6 is 0 Å². The van der Waals surface area contributed by atoms with Gasteiger partial charge in [-0.05, 0) is 36.2 Å². The molecule has 1 aromatic heterocycles. The third kappa shape index (κ3) is 4.24. The van der Waals surface area contributed by atoms with E-state index in [0.717, 1.165) is 11.3 Å². The number of nitrogens with zero attached hydrogens (tertiary/aromatic N) is 2. The molecule has 0 saturated heterocycles. The SMILES string of the molecule is COc1ccc(NC(=O)NCCc2cncnc2)cc1. The van der Waals surface area contributed by atoms with Crippen molar-refractivity contribution in [2.24, 2.45) is 0 Å². The number of hydrogen-bond donors (Lipinski definition) is 2. The van der Waals surface area contributed by atoms with E-state index in [2.05, 4.69) is 20.6 Å². The van der Waals surface area contributed by atoms with Gasteiger partial charge in [-0.3, -0.25) is 0 Å². The van der Waals surface area contributed by atoms with Crippen LogP contribution in [0.25, 0.3) is 0 Å². The Kier molecular flexibility index (Phi) is 4.88. The van der Waals surface area contributed by atoms with E-state index in [1.807, 2.05) is 0 Å². The van der Waals surface area contributed by atoms with Crippen LogP contribution in [-0.4, -0.2) is 29.7 Å². The van der Waals surface area contributed by atoms with Crippen molar-refractivity contribution in [3.63, 3.8) is 0 Å². The fraction of sp³-hybridized carbons (Fsp3) is 0.214. The number of urea groups is 1. The topological polar surface area (TPSA) is 76.1 Å². The second kappa shape index (κ2) is 7.08. The number of anilines is 1. The average molecular weight is 272 g/mol. The fourth-order valence-corrected chi connectivity index (χ4v) is 1.63. The highest BCUT2D eigenvalue weighted by Crippen LogP contribution is 2.14. The molecule has 104 valence electrons.